The molecule has 1 heterocycles. The molecule has 0 aromatic rings. The third-order valence-corrected chi connectivity index (χ3v) is 2.27. The lowest BCUT2D eigenvalue weighted by atomic mass is 10.2. The second kappa shape index (κ2) is 4.52. The monoisotopic (exact) mass is 154 g/mol. The predicted molar refractivity (Wildman–Crippen MR) is 48.7 cm³/mol. The van der Waals surface area contributed by atoms with Gasteiger partial charge in [0.15, 0.2) is 0 Å². The van der Waals surface area contributed by atoms with Gasteiger partial charge in [-0.2, -0.15) is 0 Å². The molecular formula is C9H18N2. The lowest BCUT2D eigenvalue weighted by molar-refractivity contribution is 0.347. The summed E-state index contributed by atoms with van der Waals surface area (Å²) in [7, 11) is 0. The van der Waals surface area contributed by atoms with E-state index in [9.17, 15) is 0 Å². The Morgan fingerprint density at radius 2 is 2.55 bits per heavy atom. The van der Waals surface area contributed by atoms with Crippen molar-refractivity contribution in [3.05, 3.63) is 12.7 Å². The van der Waals surface area contributed by atoms with E-state index in [0.717, 1.165) is 6.54 Å². The molecule has 11 heavy (non-hydrogen) atoms. The Morgan fingerprint density at radius 3 is 3.09 bits per heavy atom. The van der Waals surface area contributed by atoms with E-state index in [0.29, 0.717) is 6.04 Å². The standard InChI is InChI=1S/C9H18N2/c1-3-6-10-9-5-7-11(4-2)8-9/h3,9-10H,1,4-8H2,2H3. The highest BCUT2D eigenvalue weighted by Crippen LogP contribution is 2.07. The number of rotatable bonds is 4. The largest absolute Gasteiger partial charge is 0.309 e. The molecule has 1 rings (SSSR count). The maximum atomic E-state index is 3.68. The van der Waals surface area contributed by atoms with Crippen LogP contribution in [0.25, 0.3) is 0 Å². The highest BCUT2D eigenvalue weighted by Gasteiger charge is 2.19. The van der Waals surface area contributed by atoms with Crippen molar-refractivity contribution in [2.75, 3.05) is 26.2 Å². The van der Waals surface area contributed by atoms with Crippen molar-refractivity contribution in [3.8, 4) is 0 Å². The van der Waals surface area contributed by atoms with Gasteiger partial charge in [0.05, 0.1) is 0 Å². The van der Waals surface area contributed by atoms with E-state index < -0.39 is 0 Å². The second-order valence-electron chi connectivity index (χ2n) is 3.08. The summed E-state index contributed by atoms with van der Waals surface area (Å²) in [5, 5.41) is 3.44. The molecule has 2 nitrogen and oxygen atoms in total. The summed E-state index contributed by atoms with van der Waals surface area (Å²) in [4.78, 5) is 2.47. The molecule has 0 saturated carbocycles. The molecule has 1 aliphatic heterocycles. The van der Waals surface area contributed by atoms with E-state index in [1.54, 1.807) is 0 Å². The van der Waals surface area contributed by atoms with Crippen molar-refractivity contribution in [2.45, 2.75) is 19.4 Å². The van der Waals surface area contributed by atoms with Gasteiger partial charge in [0, 0.05) is 19.1 Å². The molecule has 0 aromatic carbocycles. The highest BCUT2D eigenvalue weighted by atomic mass is 15.2. The maximum absolute atomic E-state index is 3.68. The Balaban J connectivity index is 2.13. The summed E-state index contributed by atoms with van der Waals surface area (Å²) in [5.74, 6) is 0. The minimum Gasteiger partial charge on any atom is -0.309 e. The Kier molecular flexibility index (Phi) is 3.60. The fourth-order valence-electron chi connectivity index (χ4n) is 1.54. The quantitative estimate of drug-likeness (QED) is 0.604. The van der Waals surface area contributed by atoms with Crippen LogP contribution >= 0.6 is 0 Å². The van der Waals surface area contributed by atoms with Crippen LogP contribution in [0.1, 0.15) is 13.3 Å². The van der Waals surface area contributed by atoms with Crippen molar-refractivity contribution in [1.82, 2.24) is 10.2 Å². The molecule has 1 fully saturated rings. The van der Waals surface area contributed by atoms with Crippen molar-refractivity contribution < 1.29 is 0 Å². The van der Waals surface area contributed by atoms with Gasteiger partial charge in [0.2, 0.25) is 0 Å². The molecule has 1 unspecified atom stereocenters. The van der Waals surface area contributed by atoms with Crippen LogP contribution in [0.15, 0.2) is 12.7 Å². The zero-order valence-corrected chi connectivity index (χ0v) is 7.34. The van der Waals surface area contributed by atoms with Crippen molar-refractivity contribution in [1.29, 1.82) is 0 Å². The molecule has 0 radical (unpaired) electrons. The number of likely N-dealkylation sites (tertiary alicyclic amines) is 1. The second-order valence-corrected chi connectivity index (χ2v) is 3.08. The Morgan fingerprint density at radius 1 is 1.73 bits per heavy atom. The van der Waals surface area contributed by atoms with Crippen LogP contribution in [0, 0.1) is 0 Å². The molecule has 0 bridgehead atoms. The van der Waals surface area contributed by atoms with Gasteiger partial charge in [0.25, 0.3) is 0 Å². The predicted octanol–water partition coefficient (Wildman–Crippen LogP) is 0.856. The molecule has 1 atom stereocenters. The first-order chi connectivity index (χ1) is 5.36. The number of nitrogens with zero attached hydrogens (tertiary/aromatic N) is 1. The lowest BCUT2D eigenvalue weighted by Crippen LogP contribution is -2.32. The summed E-state index contributed by atoms with van der Waals surface area (Å²) in [6.45, 7) is 10.5. The number of hydrogen-bond acceptors (Lipinski definition) is 2. The maximum Gasteiger partial charge on any atom is 0.0210 e. The zero-order valence-electron chi connectivity index (χ0n) is 7.34. The van der Waals surface area contributed by atoms with Crippen molar-refractivity contribution >= 4 is 0 Å². The summed E-state index contributed by atoms with van der Waals surface area (Å²) in [5.41, 5.74) is 0. The molecule has 0 aliphatic carbocycles. The molecule has 0 spiro atoms. The van der Waals surface area contributed by atoms with Crippen LogP contribution in [0.2, 0.25) is 0 Å². The molecule has 0 amide bonds. The van der Waals surface area contributed by atoms with Crippen molar-refractivity contribution in [3.63, 3.8) is 0 Å². The van der Waals surface area contributed by atoms with Gasteiger partial charge in [-0.1, -0.05) is 13.0 Å². The van der Waals surface area contributed by atoms with E-state index >= 15 is 0 Å². The fraction of sp³-hybridized carbons (Fsp3) is 0.778. The molecule has 2 heteroatoms. The Hall–Kier alpha value is -0.340. The van der Waals surface area contributed by atoms with Crippen LogP contribution in [-0.2, 0) is 0 Å². The van der Waals surface area contributed by atoms with Gasteiger partial charge in [-0.25, -0.2) is 0 Å². The number of hydrogen-bond donors (Lipinski definition) is 1. The molecular weight excluding hydrogens is 136 g/mol. The van der Waals surface area contributed by atoms with Crippen LogP contribution in [0.4, 0.5) is 0 Å². The summed E-state index contributed by atoms with van der Waals surface area (Å²) in [6, 6.07) is 0.702. The summed E-state index contributed by atoms with van der Waals surface area (Å²) >= 11 is 0. The molecule has 1 saturated heterocycles. The van der Waals surface area contributed by atoms with Gasteiger partial charge in [-0.15, -0.1) is 6.58 Å². The van der Waals surface area contributed by atoms with E-state index in [-0.39, 0.29) is 0 Å². The van der Waals surface area contributed by atoms with E-state index in [2.05, 4.69) is 23.7 Å². The first-order valence-corrected chi connectivity index (χ1v) is 4.43. The summed E-state index contributed by atoms with van der Waals surface area (Å²) < 4.78 is 0. The summed E-state index contributed by atoms with van der Waals surface area (Å²) in [6.07, 6.45) is 3.22. The van der Waals surface area contributed by atoms with E-state index in [4.69, 9.17) is 0 Å². The minimum atomic E-state index is 0.702. The topological polar surface area (TPSA) is 15.3 Å². The first-order valence-electron chi connectivity index (χ1n) is 4.43. The Labute approximate surface area is 69.3 Å². The third-order valence-electron chi connectivity index (χ3n) is 2.27. The molecule has 64 valence electrons. The molecule has 0 aromatic heterocycles. The van der Waals surface area contributed by atoms with Crippen molar-refractivity contribution in [2.24, 2.45) is 0 Å². The van der Waals surface area contributed by atoms with Crippen LogP contribution < -0.4 is 5.32 Å². The number of likely N-dealkylation sites (N-methyl/N-ethyl adjacent to an activating group) is 1. The van der Waals surface area contributed by atoms with Gasteiger partial charge in [-0.3, -0.25) is 0 Å². The number of nitrogens with one attached hydrogen (secondary N) is 1. The SMILES string of the molecule is C=CCNC1CCN(CC)C1. The molecule has 1 N–H and O–H groups in total. The van der Waals surface area contributed by atoms with Crippen LogP contribution in [0.3, 0.4) is 0 Å². The first kappa shape index (κ1) is 8.75. The highest BCUT2D eigenvalue weighted by molar-refractivity contribution is 4.82. The fourth-order valence-corrected chi connectivity index (χ4v) is 1.54. The lowest BCUT2D eigenvalue weighted by Gasteiger charge is -2.13. The average Bonchev–Trinajstić information content (AvgIpc) is 2.48. The Bertz CT molecular complexity index is 123. The van der Waals surface area contributed by atoms with Crippen LogP contribution in [0.5, 0.6) is 0 Å². The molecule has 1 aliphatic rings. The smallest absolute Gasteiger partial charge is 0.0210 e. The van der Waals surface area contributed by atoms with Gasteiger partial charge in [-0.05, 0) is 19.5 Å². The third kappa shape index (κ3) is 2.64. The van der Waals surface area contributed by atoms with Gasteiger partial charge in [0.1, 0.15) is 0 Å². The zero-order chi connectivity index (χ0) is 8.10. The normalized spacial score (nSPS) is 25.7. The van der Waals surface area contributed by atoms with Crippen LogP contribution in [-0.4, -0.2) is 37.1 Å². The van der Waals surface area contributed by atoms with Gasteiger partial charge >= 0.3 is 0 Å². The van der Waals surface area contributed by atoms with E-state index in [1.807, 2.05) is 6.08 Å². The minimum absolute atomic E-state index is 0.702. The average molecular weight is 154 g/mol. The van der Waals surface area contributed by atoms with Gasteiger partial charge < -0.3 is 10.2 Å². The van der Waals surface area contributed by atoms with E-state index in [1.165, 1.54) is 26.1 Å².